The lowest BCUT2D eigenvalue weighted by molar-refractivity contribution is -0.138. The molecule has 0 saturated carbocycles. The number of benzene rings is 1. The van der Waals surface area contributed by atoms with Crippen molar-refractivity contribution in [3.05, 3.63) is 71.2 Å². The van der Waals surface area contributed by atoms with E-state index >= 15 is 0 Å². The molecule has 1 aromatic carbocycles. The second-order valence-corrected chi connectivity index (χ2v) is 6.47. The Balaban J connectivity index is 1.84. The van der Waals surface area contributed by atoms with Gasteiger partial charge in [-0.1, -0.05) is 30.3 Å². The van der Waals surface area contributed by atoms with E-state index in [9.17, 15) is 14.7 Å². The molecule has 1 amide bonds. The van der Waals surface area contributed by atoms with Crippen molar-refractivity contribution in [2.45, 2.75) is 19.8 Å². The lowest BCUT2D eigenvalue weighted by Gasteiger charge is -2.15. The van der Waals surface area contributed by atoms with Crippen LogP contribution in [0, 0.1) is 13.8 Å². The fourth-order valence-corrected chi connectivity index (χ4v) is 3.18. The number of nitrogens with zero attached hydrogens (tertiary/aromatic N) is 3. The molecule has 0 aliphatic heterocycles. The standard InChI is InChI=1S/C20H22N4O3/c1-13-9-10-14(2)24(13)19-17(12-22-23(19)3)18(25)21-11-16(20(26)27)15-7-5-4-6-8-15/h4-10,12,16H,11H2,1-3H3,(H,21,25)(H,26,27). The molecular weight excluding hydrogens is 344 g/mol. The first-order valence-electron chi connectivity index (χ1n) is 8.63. The maximum absolute atomic E-state index is 12.8. The van der Waals surface area contributed by atoms with Crippen LogP contribution in [0.5, 0.6) is 0 Å². The van der Waals surface area contributed by atoms with Crippen LogP contribution >= 0.6 is 0 Å². The van der Waals surface area contributed by atoms with E-state index in [1.807, 2.05) is 36.6 Å². The molecule has 1 atom stereocenters. The highest BCUT2D eigenvalue weighted by Gasteiger charge is 2.24. The zero-order chi connectivity index (χ0) is 19.6. The minimum Gasteiger partial charge on any atom is -0.481 e. The van der Waals surface area contributed by atoms with E-state index in [0.29, 0.717) is 16.9 Å². The lowest BCUT2D eigenvalue weighted by atomic mass is 9.99. The summed E-state index contributed by atoms with van der Waals surface area (Å²) >= 11 is 0. The molecule has 27 heavy (non-hydrogen) atoms. The van der Waals surface area contributed by atoms with Crippen LogP contribution < -0.4 is 5.32 Å². The van der Waals surface area contributed by atoms with Crippen molar-refractivity contribution in [1.29, 1.82) is 0 Å². The summed E-state index contributed by atoms with van der Waals surface area (Å²) in [6, 6.07) is 12.8. The number of rotatable bonds is 6. The highest BCUT2D eigenvalue weighted by Crippen LogP contribution is 2.20. The van der Waals surface area contributed by atoms with Crippen LogP contribution in [0.25, 0.3) is 5.82 Å². The fraction of sp³-hybridized carbons (Fsp3) is 0.250. The minimum atomic E-state index is -0.981. The molecule has 2 aromatic heterocycles. The molecule has 0 aliphatic carbocycles. The van der Waals surface area contributed by atoms with Crippen LogP contribution in [0.15, 0.2) is 48.7 Å². The Morgan fingerprint density at radius 2 is 1.74 bits per heavy atom. The van der Waals surface area contributed by atoms with Gasteiger partial charge in [-0.25, -0.2) is 0 Å². The van der Waals surface area contributed by atoms with Crippen LogP contribution in [0.4, 0.5) is 0 Å². The highest BCUT2D eigenvalue weighted by molar-refractivity contribution is 5.97. The first-order valence-corrected chi connectivity index (χ1v) is 8.63. The Hall–Kier alpha value is -3.35. The Labute approximate surface area is 157 Å². The largest absolute Gasteiger partial charge is 0.481 e. The monoisotopic (exact) mass is 366 g/mol. The summed E-state index contributed by atoms with van der Waals surface area (Å²) in [5.41, 5.74) is 3.02. The van der Waals surface area contributed by atoms with Crippen LogP contribution in [0.1, 0.15) is 33.2 Å². The van der Waals surface area contributed by atoms with Crippen LogP contribution in [-0.2, 0) is 11.8 Å². The van der Waals surface area contributed by atoms with E-state index in [2.05, 4.69) is 10.4 Å². The van der Waals surface area contributed by atoms with E-state index in [1.165, 1.54) is 6.20 Å². The number of amides is 1. The number of aliphatic carboxylic acids is 1. The number of hydrogen-bond acceptors (Lipinski definition) is 3. The average Bonchev–Trinajstić information content (AvgIpc) is 3.17. The fourth-order valence-electron chi connectivity index (χ4n) is 3.18. The van der Waals surface area contributed by atoms with Crippen molar-refractivity contribution in [3.8, 4) is 5.82 Å². The summed E-state index contributed by atoms with van der Waals surface area (Å²) in [4.78, 5) is 24.4. The molecule has 3 aromatic rings. The van der Waals surface area contributed by atoms with Crippen LogP contribution in [-0.4, -0.2) is 37.9 Å². The number of carbonyl (C=O) groups is 2. The number of nitrogens with one attached hydrogen (secondary N) is 1. The summed E-state index contributed by atoms with van der Waals surface area (Å²) < 4.78 is 3.59. The lowest BCUT2D eigenvalue weighted by Crippen LogP contribution is -2.32. The first kappa shape index (κ1) is 18.4. The number of hydrogen-bond donors (Lipinski definition) is 2. The van der Waals surface area contributed by atoms with Gasteiger partial charge in [0, 0.05) is 25.0 Å². The van der Waals surface area contributed by atoms with Crippen molar-refractivity contribution in [2.75, 3.05) is 6.54 Å². The molecule has 0 spiro atoms. The molecule has 3 rings (SSSR count). The van der Waals surface area contributed by atoms with E-state index in [0.717, 1.165) is 11.4 Å². The number of aryl methyl sites for hydroxylation is 3. The zero-order valence-electron chi connectivity index (χ0n) is 15.5. The molecule has 7 nitrogen and oxygen atoms in total. The van der Waals surface area contributed by atoms with Crippen molar-refractivity contribution in [2.24, 2.45) is 7.05 Å². The predicted octanol–water partition coefficient (Wildman–Crippen LogP) is 2.43. The maximum atomic E-state index is 12.8. The smallest absolute Gasteiger partial charge is 0.312 e. The Morgan fingerprint density at radius 1 is 1.11 bits per heavy atom. The van der Waals surface area contributed by atoms with Crippen LogP contribution in [0.2, 0.25) is 0 Å². The maximum Gasteiger partial charge on any atom is 0.312 e. The topological polar surface area (TPSA) is 89.2 Å². The summed E-state index contributed by atoms with van der Waals surface area (Å²) in [6.07, 6.45) is 1.50. The molecule has 1 unspecified atom stereocenters. The Bertz CT molecular complexity index is 953. The minimum absolute atomic E-state index is 0.00381. The Morgan fingerprint density at radius 3 is 2.33 bits per heavy atom. The van der Waals surface area contributed by atoms with Gasteiger partial charge >= 0.3 is 5.97 Å². The van der Waals surface area contributed by atoms with Gasteiger partial charge in [0.15, 0.2) is 0 Å². The van der Waals surface area contributed by atoms with Crippen molar-refractivity contribution >= 4 is 11.9 Å². The number of aromatic nitrogens is 3. The predicted molar refractivity (Wildman–Crippen MR) is 101 cm³/mol. The van der Waals surface area contributed by atoms with E-state index in [-0.39, 0.29) is 12.5 Å². The molecular formula is C20H22N4O3. The molecule has 2 heterocycles. The number of carboxylic acid groups (broad SMARTS) is 1. The van der Waals surface area contributed by atoms with Gasteiger partial charge in [0.05, 0.1) is 12.1 Å². The summed E-state index contributed by atoms with van der Waals surface area (Å²) in [6.45, 7) is 3.91. The quantitative estimate of drug-likeness (QED) is 0.701. The third kappa shape index (κ3) is 3.62. The van der Waals surface area contributed by atoms with E-state index < -0.39 is 11.9 Å². The SMILES string of the molecule is Cc1ccc(C)n1-c1c(C(=O)NCC(C(=O)O)c2ccccc2)cnn1C. The van der Waals surface area contributed by atoms with Gasteiger partial charge in [0.2, 0.25) is 0 Å². The van der Waals surface area contributed by atoms with Gasteiger partial charge < -0.3 is 15.0 Å². The van der Waals surface area contributed by atoms with Gasteiger partial charge in [-0.15, -0.1) is 0 Å². The molecule has 2 N–H and O–H groups in total. The zero-order valence-corrected chi connectivity index (χ0v) is 15.5. The molecule has 0 bridgehead atoms. The molecule has 7 heteroatoms. The molecule has 0 aliphatic rings. The van der Waals surface area contributed by atoms with Gasteiger partial charge in [-0.05, 0) is 31.5 Å². The molecule has 140 valence electrons. The van der Waals surface area contributed by atoms with Crippen molar-refractivity contribution < 1.29 is 14.7 Å². The second kappa shape index (κ2) is 7.49. The van der Waals surface area contributed by atoms with Gasteiger partial charge in [0.1, 0.15) is 11.4 Å². The second-order valence-electron chi connectivity index (χ2n) is 6.47. The Kier molecular flexibility index (Phi) is 5.12. The number of carbonyl (C=O) groups excluding carboxylic acids is 1. The molecule has 0 saturated heterocycles. The van der Waals surface area contributed by atoms with Gasteiger partial charge in [-0.2, -0.15) is 5.10 Å². The summed E-state index contributed by atoms with van der Waals surface area (Å²) in [5.74, 6) is -1.50. The summed E-state index contributed by atoms with van der Waals surface area (Å²) in [7, 11) is 1.77. The molecule has 0 fully saturated rings. The summed E-state index contributed by atoms with van der Waals surface area (Å²) in [5, 5.41) is 16.5. The van der Waals surface area contributed by atoms with E-state index in [4.69, 9.17) is 0 Å². The van der Waals surface area contributed by atoms with Gasteiger partial charge in [0.25, 0.3) is 5.91 Å². The molecule has 0 radical (unpaired) electrons. The van der Waals surface area contributed by atoms with Crippen LogP contribution in [0.3, 0.4) is 0 Å². The van der Waals surface area contributed by atoms with Crippen molar-refractivity contribution in [1.82, 2.24) is 19.7 Å². The number of carboxylic acids is 1. The average molecular weight is 366 g/mol. The van der Waals surface area contributed by atoms with Gasteiger partial charge in [-0.3, -0.25) is 14.3 Å². The van der Waals surface area contributed by atoms with Crippen molar-refractivity contribution in [3.63, 3.8) is 0 Å². The normalized spacial score (nSPS) is 12.0. The third-order valence-corrected chi connectivity index (χ3v) is 4.60. The van der Waals surface area contributed by atoms with E-state index in [1.54, 1.807) is 36.0 Å². The first-order chi connectivity index (χ1) is 12.9. The third-order valence-electron chi connectivity index (χ3n) is 4.60. The highest BCUT2D eigenvalue weighted by atomic mass is 16.4.